The molecule has 4 aromatic rings. The maximum absolute atomic E-state index is 14.2. The fraction of sp³-hybridized carbons (Fsp3) is 0.214. The number of rotatable bonds is 8. The first kappa shape index (κ1) is 28.3. The van der Waals surface area contributed by atoms with Crippen LogP contribution in [0.25, 0.3) is 0 Å². The maximum atomic E-state index is 14.2. The normalized spacial score (nSPS) is 16.1. The Bertz CT molecular complexity index is 1630. The summed E-state index contributed by atoms with van der Waals surface area (Å²) in [5, 5.41) is 20.9. The number of nitro benzene ring substituents is 1. The number of benzene rings is 3. The van der Waals surface area contributed by atoms with E-state index in [0.29, 0.717) is 22.8 Å². The molecule has 218 valence electrons. The average molecular weight is 584 g/mol. The summed E-state index contributed by atoms with van der Waals surface area (Å²) < 4.78 is 59.4. The number of nitrogens with one attached hydrogen (secondary N) is 2. The molecule has 0 aliphatic carbocycles. The lowest BCUT2D eigenvalue weighted by Gasteiger charge is -2.33. The number of anilines is 2. The zero-order chi connectivity index (χ0) is 30.0. The van der Waals surface area contributed by atoms with Gasteiger partial charge in [-0.1, -0.05) is 24.3 Å². The van der Waals surface area contributed by atoms with Crippen LogP contribution in [0, 0.1) is 10.1 Å². The number of non-ortho nitro benzene ring substituents is 1. The zero-order valence-corrected chi connectivity index (χ0v) is 22.2. The number of nitrogens with zero attached hydrogens (tertiary/aromatic N) is 3. The summed E-state index contributed by atoms with van der Waals surface area (Å²) in [4.78, 5) is 23.9. The predicted octanol–water partition coefficient (Wildman–Crippen LogP) is 6.51. The SMILES string of the molecule is COc1ccc([C@@H]2C[C@H](C(F)(F)F)n3nc(C(=O)Nc4cc(Oc5ccccc5)cc([N+](=O)[O-])c4)cc3N2)cc1OC. The lowest BCUT2D eigenvalue weighted by molar-refractivity contribution is -0.384. The molecule has 0 fully saturated rings. The van der Waals surface area contributed by atoms with Crippen molar-refractivity contribution >= 4 is 23.1 Å². The summed E-state index contributed by atoms with van der Waals surface area (Å²) in [6, 6.07) is 15.3. The van der Waals surface area contributed by atoms with Gasteiger partial charge in [-0.3, -0.25) is 14.9 Å². The summed E-state index contributed by atoms with van der Waals surface area (Å²) in [5.41, 5.74) is -0.172. The number of alkyl halides is 3. The highest BCUT2D eigenvalue weighted by Crippen LogP contribution is 2.45. The van der Waals surface area contributed by atoms with Crippen molar-refractivity contribution in [3.05, 3.63) is 94.2 Å². The van der Waals surface area contributed by atoms with Crippen molar-refractivity contribution in [1.29, 1.82) is 0 Å². The number of halogens is 3. The van der Waals surface area contributed by atoms with Gasteiger partial charge in [0.25, 0.3) is 11.6 Å². The standard InChI is InChI=1S/C28H24F3N5O6/c1-40-23-9-8-16(10-24(23)41-2)21-14-25(28(29,30)31)35-26(33-21)15-22(34-35)27(37)32-17-11-18(36(38)39)13-20(12-17)42-19-6-4-3-5-7-19/h3-13,15,21,25,33H,14H2,1-2H3,(H,32,37)/t21-,25+/m0/s1. The highest BCUT2D eigenvalue weighted by Gasteiger charge is 2.47. The van der Waals surface area contributed by atoms with Crippen LogP contribution < -0.4 is 24.8 Å². The van der Waals surface area contributed by atoms with E-state index in [9.17, 15) is 28.1 Å². The second-order valence-corrected chi connectivity index (χ2v) is 9.31. The number of ether oxygens (including phenoxy) is 3. The van der Waals surface area contributed by atoms with Crippen LogP contribution in [0.5, 0.6) is 23.0 Å². The van der Waals surface area contributed by atoms with E-state index in [-0.39, 0.29) is 28.6 Å². The second kappa shape index (κ2) is 11.3. The first-order valence-electron chi connectivity index (χ1n) is 12.5. The van der Waals surface area contributed by atoms with Gasteiger partial charge in [0.1, 0.15) is 17.3 Å². The van der Waals surface area contributed by atoms with E-state index in [4.69, 9.17) is 14.2 Å². The highest BCUT2D eigenvalue weighted by atomic mass is 19.4. The lowest BCUT2D eigenvalue weighted by Crippen LogP contribution is -2.35. The number of para-hydroxylation sites is 1. The van der Waals surface area contributed by atoms with Crippen LogP contribution in [0.4, 0.5) is 30.4 Å². The molecule has 0 saturated carbocycles. The van der Waals surface area contributed by atoms with Gasteiger partial charge in [-0.15, -0.1) is 0 Å². The summed E-state index contributed by atoms with van der Waals surface area (Å²) in [5.74, 6) is 0.366. The average Bonchev–Trinajstić information content (AvgIpc) is 3.40. The summed E-state index contributed by atoms with van der Waals surface area (Å²) in [7, 11) is 2.87. The molecule has 0 radical (unpaired) electrons. The maximum Gasteiger partial charge on any atom is 0.410 e. The molecule has 0 bridgehead atoms. The molecule has 42 heavy (non-hydrogen) atoms. The van der Waals surface area contributed by atoms with Gasteiger partial charge in [-0.2, -0.15) is 18.3 Å². The number of methoxy groups -OCH3 is 2. The van der Waals surface area contributed by atoms with Crippen molar-refractivity contribution in [2.24, 2.45) is 0 Å². The molecule has 5 rings (SSSR count). The molecule has 0 spiro atoms. The molecule has 0 saturated heterocycles. The zero-order valence-electron chi connectivity index (χ0n) is 22.2. The third-order valence-electron chi connectivity index (χ3n) is 6.57. The molecule has 0 unspecified atom stereocenters. The van der Waals surface area contributed by atoms with E-state index in [2.05, 4.69) is 15.7 Å². The van der Waals surface area contributed by atoms with E-state index < -0.39 is 35.5 Å². The van der Waals surface area contributed by atoms with E-state index in [1.54, 1.807) is 48.5 Å². The van der Waals surface area contributed by atoms with Crippen molar-refractivity contribution in [2.45, 2.75) is 24.7 Å². The summed E-state index contributed by atoms with van der Waals surface area (Å²) in [6.45, 7) is 0. The van der Waals surface area contributed by atoms with E-state index >= 15 is 0 Å². The fourth-order valence-electron chi connectivity index (χ4n) is 4.61. The van der Waals surface area contributed by atoms with Gasteiger partial charge in [0.05, 0.1) is 36.9 Å². The van der Waals surface area contributed by atoms with Gasteiger partial charge in [0, 0.05) is 24.6 Å². The van der Waals surface area contributed by atoms with Crippen LogP contribution in [-0.4, -0.2) is 41.0 Å². The Balaban J connectivity index is 1.43. The van der Waals surface area contributed by atoms with Crippen LogP contribution in [0.15, 0.2) is 72.8 Å². The van der Waals surface area contributed by atoms with Gasteiger partial charge < -0.3 is 24.8 Å². The molecule has 11 nitrogen and oxygen atoms in total. The molecule has 1 aliphatic heterocycles. The smallest absolute Gasteiger partial charge is 0.410 e. The minimum Gasteiger partial charge on any atom is -0.493 e. The monoisotopic (exact) mass is 583 g/mol. The quantitative estimate of drug-likeness (QED) is 0.177. The topological polar surface area (TPSA) is 130 Å². The molecule has 1 aliphatic rings. The molecule has 2 atom stereocenters. The molecule has 1 amide bonds. The Labute approximate surface area is 237 Å². The van der Waals surface area contributed by atoms with E-state index in [0.717, 1.165) is 10.7 Å². The van der Waals surface area contributed by atoms with Gasteiger partial charge in [-0.25, -0.2) is 4.68 Å². The lowest BCUT2D eigenvalue weighted by atomic mass is 9.96. The minimum absolute atomic E-state index is 0.00496. The Hall–Kier alpha value is -5.27. The first-order valence-corrected chi connectivity index (χ1v) is 12.5. The number of hydrogen-bond donors (Lipinski definition) is 2. The largest absolute Gasteiger partial charge is 0.493 e. The van der Waals surface area contributed by atoms with Crippen LogP contribution in [-0.2, 0) is 0 Å². The molecule has 2 heterocycles. The van der Waals surface area contributed by atoms with E-state index in [1.165, 1.54) is 32.4 Å². The van der Waals surface area contributed by atoms with Crippen LogP contribution in [0.2, 0.25) is 0 Å². The third-order valence-corrected chi connectivity index (χ3v) is 6.57. The number of carbonyl (C=O) groups excluding carboxylic acids is 1. The number of aromatic nitrogens is 2. The minimum atomic E-state index is -4.67. The van der Waals surface area contributed by atoms with Gasteiger partial charge in [-0.05, 0) is 29.8 Å². The Morgan fingerprint density at radius 2 is 1.76 bits per heavy atom. The number of carbonyl (C=O) groups is 1. The Kier molecular flexibility index (Phi) is 7.61. The van der Waals surface area contributed by atoms with Gasteiger partial charge >= 0.3 is 6.18 Å². The summed E-state index contributed by atoms with van der Waals surface area (Å²) in [6.07, 6.45) is -5.07. The van der Waals surface area contributed by atoms with Crippen molar-refractivity contribution in [3.63, 3.8) is 0 Å². The number of hydrogen-bond acceptors (Lipinski definition) is 8. The molecule has 1 aromatic heterocycles. The third kappa shape index (κ3) is 5.92. The molecule has 2 N–H and O–H groups in total. The van der Waals surface area contributed by atoms with Crippen LogP contribution in [0.3, 0.4) is 0 Å². The predicted molar refractivity (Wildman–Crippen MR) is 145 cm³/mol. The van der Waals surface area contributed by atoms with Crippen molar-refractivity contribution in [3.8, 4) is 23.0 Å². The molecular formula is C28H24F3N5O6. The van der Waals surface area contributed by atoms with Crippen LogP contribution in [0.1, 0.15) is 34.6 Å². The Morgan fingerprint density at radius 3 is 2.43 bits per heavy atom. The molecular weight excluding hydrogens is 559 g/mol. The van der Waals surface area contributed by atoms with Gasteiger partial charge in [0.2, 0.25) is 0 Å². The van der Waals surface area contributed by atoms with Gasteiger partial charge in [0.15, 0.2) is 23.2 Å². The number of amides is 1. The van der Waals surface area contributed by atoms with E-state index in [1.807, 2.05) is 0 Å². The number of fused-ring (bicyclic) bond motifs is 1. The fourth-order valence-corrected chi connectivity index (χ4v) is 4.61. The molecule has 14 heteroatoms. The highest BCUT2D eigenvalue weighted by molar-refractivity contribution is 6.03. The summed E-state index contributed by atoms with van der Waals surface area (Å²) >= 11 is 0. The van der Waals surface area contributed by atoms with Crippen molar-refractivity contribution in [2.75, 3.05) is 24.9 Å². The van der Waals surface area contributed by atoms with Crippen molar-refractivity contribution in [1.82, 2.24) is 9.78 Å². The van der Waals surface area contributed by atoms with Crippen molar-refractivity contribution < 1.29 is 37.1 Å². The Morgan fingerprint density at radius 1 is 1.02 bits per heavy atom. The second-order valence-electron chi connectivity index (χ2n) is 9.31. The molecule has 3 aromatic carbocycles. The number of nitro groups is 1. The van der Waals surface area contributed by atoms with Crippen LogP contribution >= 0.6 is 0 Å². The first-order chi connectivity index (χ1) is 20.0.